The molecule has 0 aliphatic rings. The molecule has 0 saturated carbocycles. The molecule has 27 heavy (non-hydrogen) atoms. The Bertz CT molecular complexity index is 995. The summed E-state index contributed by atoms with van der Waals surface area (Å²) in [7, 11) is 0. The SMILES string of the molecule is CC(=O)c1cc(F)ccc1OCC(=O)NC(C)c1cccc2ccccc12. The highest BCUT2D eigenvalue weighted by Crippen LogP contribution is 2.24. The third-order valence-electron chi connectivity index (χ3n) is 4.35. The number of amides is 1. The zero-order chi connectivity index (χ0) is 19.4. The number of Topliss-reactive ketones (excluding diaryl/α,β-unsaturated/α-hetero) is 1. The van der Waals surface area contributed by atoms with Gasteiger partial charge in [-0.1, -0.05) is 42.5 Å². The Kier molecular flexibility index (Phi) is 5.50. The molecule has 0 aliphatic carbocycles. The lowest BCUT2D eigenvalue weighted by Gasteiger charge is -2.17. The van der Waals surface area contributed by atoms with Crippen LogP contribution in [0.25, 0.3) is 10.8 Å². The standard InChI is InChI=1S/C22H20FNO3/c1-14(18-9-5-7-16-6-3-4-8-19(16)18)24-22(26)13-27-21-11-10-17(23)12-20(21)15(2)25/h3-12,14H,13H2,1-2H3,(H,24,26). The minimum absolute atomic E-state index is 0.116. The van der Waals surface area contributed by atoms with Crippen molar-refractivity contribution in [2.24, 2.45) is 0 Å². The lowest BCUT2D eigenvalue weighted by molar-refractivity contribution is -0.123. The van der Waals surface area contributed by atoms with Crippen molar-refractivity contribution in [2.75, 3.05) is 6.61 Å². The lowest BCUT2D eigenvalue weighted by atomic mass is 10.00. The fourth-order valence-corrected chi connectivity index (χ4v) is 3.04. The van der Waals surface area contributed by atoms with Crippen LogP contribution in [-0.4, -0.2) is 18.3 Å². The number of fused-ring (bicyclic) bond motifs is 1. The first-order valence-corrected chi connectivity index (χ1v) is 8.66. The van der Waals surface area contributed by atoms with E-state index in [-0.39, 0.29) is 35.7 Å². The van der Waals surface area contributed by atoms with Gasteiger partial charge in [0.25, 0.3) is 5.91 Å². The second-order valence-electron chi connectivity index (χ2n) is 6.34. The molecule has 0 saturated heterocycles. The van der Waals surface area contributed by atoms with Gasteiger partial charge in [-0.25, -0.2) is 4.39 Å². The molecule has 3 rings (SSSR count). The maximum absolute atomic E-state index is 13.3. The molecule has 0 spiro atoms. The van der Waals surface area contributed by atoms with E-state index in [9.17, 15) is 14.0 Å². The molecule has 0 radical (unpaired) electrons. The number of carbonyl (C=O) groups excluding carboxylic acids is 2. The Morgan fingerprint density at radius 3 is 2.59 bits per heavy atom. The number of hydrogen-bond acceptors (Lipinski definition) is 3. The Morgan fingerprint density at radius 1 is 1.07 bits per heavy atom. The van der Waals surface area contributed by atoms with Gasteiger partial charge < -0.3 is 10.1 Å². The zero-order valence-electron chi connectivity index (χ0n) is 15.2. The molecule has 3 aromatic rings. The van der Waals surface area contributed by atoms with Gasteiger partial charge in [0.15, 0.2) is 12.4 Å². The van der Waals surface area contributed by atoms with E-state index < -0.39 is 5.82 Å². The van der Waals surface area contributed by atoms with Gasteiger partial charge in [-0.15, -0.1) is 0 Å². The highest BCUT2D eigenvalue weighted by atomic mass is 19.1. The second-order valence-corrected chi connectivity index (χ2v) is 6.34. The molecule has 0 bridgehead atoms. The van der Waals surface area contributed by atoms with Crippen LogP contribution in [0.1, 0.15) is 35.8 Å². The molecule has 5 heteroatoms. The molecule has 1 unspecified atom stereocenters. The van der Waals surface area contributed by atoms with Crippen LogP contribution < -0.4 is 10.1 Å². The molecule has 0 aliphatic heterocycles. The van der Waals surface area contributed by atoms with Crippen LogP contribution in [0, 0.1) is 5.82 Å². The molecule has 1 atom stereocenters. The highest BCUT2D eigenvalue weighted by molar-refractivity contribution is 5.97. The third kappa shape index (κ3) is 4.31. The van der Waals surface area contributed by atoms with Crippen molar-refractivity contribution < 1.29 is 18.7 Å². The van der Waals surface area contributed by atoms with Crippen LogP contribution in [0.5, 0.6) is 5.75 Å². The number of benzene rings is 3. The van der Waals surface area contributed by atoms with Gasteiger partial charge in [0.2, 0.25) is 0 Å². The number of hydrogen-bond donors (Lipinski definition) is 1. The molecule has 0 heterocycles. The Hall–Kier alpha value is -3.21. The van der Waals surface area contributed by atoms with Crippen molar-refractivity contribution in [2.45, 2.75) is 19.9 Å². The van der Waals surface area contributed by atoms with Gasteiger partial charge in [-0.05, 0) is 48.4 Å². The summed E-state index contributed by atoms with van der Waals surface area (Å²) in [5.74, 6) is -0.985. The average Bonchev–Trinajstić information content (AvgIpc) is 2.66. The molecule has 0 aromatic heterocycles. The van der Waals surface area contributed by atoms with Crippen LogP contribution in [0.2, 0.25) is 0 Å². The van der Waals surface area contributed by atoms with E-state index in [1.54, 1.807) is 0 Å². The first-order valence-electron chi connectivity index (χ1n) is 8.66. The molecule has 4 nitrogen and oxygen atoms in total. The second kappa shape index (κ2) is 7.99. The summed E-state index contributed by atoms with van der Waals surface area (Å²) >= 11 is 0. The summed E-state index contributed by atoms with van der Waals surface area (Å²) in [6, 6.07) is 17.4. The van der Waals surface area contributed by atoms with Crippen LogP contribution >= 0.6 is 0 Å². The van der Waals surface area contributed by atoms with Crippen molar-refractivity contribution in [1.29, 1.82) is 0 Å². The Labute approximate surface area is 157 Å². The largest absolute Gasteiger partial charge is 0.483 e. The molecular formula is C22H20FNO3. The van der Waals surface area contributed by atoms with Crippen LogP contribution in [-0.2, 0) is 4.79 Å². The monoisotopic (exact) mass is 365 g/mol. The van der Waals surface area contributed by atoms with Gasteiger partial charge in [0, 0.05) is 0 Å². The van der Waals surface area contributed by atoms with Gasteiger partial charge in [0.05, 0.1) is 11.6 Å². The summed E-state index contributed by atoms with van der Waals surface area (Å²) < 4.78 is 18.7. The highest BCUT2D eigenvalue weighted by Gasteiger charge is 2.15. The minimum atomic E-state index is -0.526. The summed E-state index contributed by atoms with van der Waals surface area (Å²) in [6.07, 6.45) is 0. The van der Waals surface area contributed by atoms with Gasteiger partial charge >= 0.3 is 0 Å². The Balaban J connectivity index is 1.68. The van der Waals surface area contributed by atoms with E-state index >= 15 is 0 Å². The number of halogens is 1. The van der Waals surface area contributed by atoms with Crippen molar-refractivity contribution in [3.8, 4) is 5.75 Å². The van der Waals surface area contributed by atoms with E-state index in [2.05, 4.69) is 5.32 Å². The maximum Gasteiger partial charge on any atom is 0.258 e. The van der Waals surface area contributed by atoms with E-state index in [0.717, 1.165) is 22.4 Å². The summed E-state index contributed by atoms with van der Waals surface area (Å²) in [5, 5.41) is 5.07. The number of ketones is 1. The molecule has 3 aromatic carbocycles. The van der Waals surface area contributed by atoms with Crippen molar-refractivity contribution >= 4 is 22.5 Å². The van der Waals surface area contributed by atoms with E-state index in [1.165, 1.54) is 19.1 Å². The molecule has 1 amide bonds. The molecule has 1 N–H and O–H groups in total. The smallest absolute Gasteiger partial charge is 0.258 e. The van der Waals surface area contributed by atoms with Crippen molar-refractivity contribution in [3.63, 3.8) is 0 Å². The van der Waals surface area contributed by atoms with Crippen LogP contribution in [0.4, 0.5) is 4.39 Å². The fourth-order valence-electron chi connectivity index (χ4n) is 3.04. The normalized spacial score (nSPS) is 11.8. The van der Waals surface area contributed by atoms with E-state index in [0.29, 0.717) is 0 Å². The summed E-state index contributed by atoms with van der Waals surface area (Å²) in [5.41, 5.74) is 1.12. The predicted molar refractivity (Wildman–Crippen MR) is 102 cm³/mol. The first kappa shape index (κ1) is 18.6. The molecular weight excluding hydrogens is 345 g/mol. The van der Waals surface area contributed by atoms with Gasteiger partial charge in [-0.3, -0.25) is 9.59 Å². The minimum Gasteiger partial charge on any atom is -0.483 e. The lowest BCUT2D eigenvalue weighted by Crippen LogP contribution is -2.31. The zero-order valence-corrected chi connectivity index (χ0v) is 15.2. The number of rotatable bonds is 6. The topological polar surface area (TPSA) is 55.4 Å². The molecule has 0 fully saturated rings. The van der Waals surface area contributed by atoms with Crippen molar-refractivity contribution in [3.05, 3.63) is 77.6 Å². The quantitative estimate of drug-likeness (QED) is 0.657. The number of nitrogens with one attached hydrogen (secondary N) is 1. The summed E-state index contributed by atoms with van der Waals surface area (Å²) in [6.45, 7) is 2.96. The first-order chi connectivity index (χ1) is 13.0. The molecule has 138 valence electrons. The van der Waals surface area contributed by atoms with Gasteiger partial charge in [-0.2, -0.15) is 0 Å². The number of carbonyl (C=O) groups is 2. The van der Waals surface area contributed by atoms with Crippen LogP contribution in [0.3, 0.4) is 0 Å². The van der Waals surface area contributed by atoms with Crippen LogP contribution in [0.15, 0.2) is 60.7 Å². The predicted octanol–water partition coefficient (Wildman–Crippen LogP) is 4.44. The van der Waals surface area contributed by atoms with Crippen molar-refractivity contribution in [1.82, 2.24) is 5.32 Å². The third-order valence-corrected chi connectivity index (χ3v) is 4.35. The van der Waals surface area contributed by atoms with Gasteiger partial charge in [0.1, 0.15) is 11.6 Å². The summed E-state index contributed by atoms with van der Waals surface area (Å²) in [4.78, 5) is 23.9. The van der Waals surface area contributed by atoms with E-state index in [4.69, 9.17) is 4.74 Å². The Morgan fingerprint density at radius 2 is 1.81 bits per heavy atom. The average molecular weight is 365 g/mol. The van der Waals surface area contributed by atoms with E-state index in [1.807, 2.05) is 49.4 Å². The number of ether oxygens (including phenoxy) is 1. The maximum atomic E-state index is 13.3. The fraction of sp³-hybridized carbons (Fsp3) is 0.182.